The Morgan fingerprint density at radius 3 is 2.92 bits per heavy atom. The summed E-state index contributed by atoms with van der Waals surface area (Å²) in [6.45, 7) is 3.18. The smallest absolute Gasteiger partial charge is 0.344 e. The van der Waals surface area contributed by atoms with Crippen LogP contribution in [0.5, 0.6) is 0 Å². The number of aromatic amines is 1. The van der Waals surface area contributed by atoms with E-state index >= 15 is 0 Å². The monoisotopic (exact) mass is 366 g/mol. The van der Waals surface area contributed by atoms with E-state index in [0.717, 1.165) is 19.4 Å². The molecule has 2 aromatic rings. The molecule has 136 valence electrons. The molecule has 11 heteroatoms. The van der Waals surface area contributed by atoms with Gasteiger partial charge in [-0.05, 0) is 19.8 Å². The molecule has 0 bridgehead atoms. The number of H-pyrrole nitrogens is 1. The molecular weight excluding hydrogens is 344 g/mol. The van der Waals surface area contributed by atoms with Crippen molar-refractivity contribution in [2.75, 3.05) is 31.3 Å². The number of anilines is 2. The molecule has 0 radical (unpaired) electrons. The molecule has 3 rings (SSSR count). The lowest BCUT2D eigenvalue weighted by Gasteiger charge is -2.15. The van der Waals surface area contributed by atoms with Crippen LogP contribution in [0.25, 0.3) is 0 Å². The summed E-state index contributed by atoms with van der Waals surface area (Å²) in [4.78, 5) is 26.5. The van der Waals surface area contributed by atoms with Crippen LogP contribution < -0.4 is 16.3 Å². The van der Waals surface area contributed by atoms with Gasteiger partial charge >= 0.3 is 5.69 Å². The largest absolute Gasteiger partial charge is 0.376 e. The third-order valence-electron chi connectivity index (χ3n) is 3.84. The SMILES string of the molecule is C[C@H](Sc1n[nH]c(=O)n1C[C@@H]1CCCO1)c1nc(N)nc(N(C)C)n1. The molecule has 0 unspecified atom stereocenters. The van der Waals surface area contributed by atoms with Gasteiger partial charge in [0.1, 0.15) is 5.82 Å². The maximum absolute atomic E-state index is 12.1. The number of hydrogen-bond acceptors (Lipinski definition) is 9. The van der Waals surface area contributed by atoms with Crippen molar-refractivity contribution in [3.8, 4) is 0 Å². The Balaban J connectivity index is 1.79. The van der Waals surface area contributed by atoms with E-state index in [9.17, 15) is 4.79 Å². The van der Waals surface area contributed by atoms with Crippen LogP contribution in [0.2, 0.25) is 0 Å². The topological polar surface area (TPSA) is 128 Å². The summed E-state index contributed by atoms with van der Waals surface area (Å²) in [7, 11) is 3.67. The Hall–Kier alpha value is -2.14. The van der Waals surface area contributed by atoms with Crippen molar-refractivity contribution < 1.29 is 4.74 Å². The molecule has 10 nitrogen and oxygen atoms in total. The van der Waals surface area contributed by atoms with Gasteiger partial charge in [0.2, 0.25) is 11.9 Å². The summed E-state index contributed by atoms with van der Waals surface area (Å²) in [6, 6.07) is 0. The minimum atomic E-state index is -0.241. The van der Waals surface area contributed by atoms with Gasteiger partial charge < -0.3 is 15.4 Å². The van der Waals surface area contributed by atoms with Crippen molar-refractivity contribution in [2.45, 2.75) is 42.8 Å². The van der Waals surface area contributed by atoms with E-state index in [1.807, 2.05) is 21.0 Å². The molecule has 25 heavy (non-hydrogen) atoms. The summed E-state index contributed by atoms with van der Waals surface area (Å²) >= 11 is 1.39. The quantitative estimate of drug-likeness (QED) is 0.700. The van der Waals surface area contributed by atoms with Crippen LogP contribution >= 0.6 is 11.8 Å². The van der Waals surface area contributed by atoms with Crippen LogP contribution in [0, 0.1) is 0 Å². The van der Waals surface area contributed by atoms with Crippen LogP contribution in [-0.4, -0.2) is 56.5 Å². The first kappa shape index (κ1) is 17.7. The van der Waals surface area contributed by atoms with Crippen LogP contribution in [0.3, 0.4) is 0 Å². The third-order valence-corrected chi connectivity index (χ3v) is 4.92. The summed E-state index contributed by atoms with van der Waals surface area (Å²) < 4.78 is 7.22. The van der Waals surface area contributed by atoms with E-state index < -0.39 is 0 Å². The average molecular weight is 366 g/mol. The van der Waals surface area contributed by atoms with Crippen molar-refractivity contribution >= 4 is 23.7 Å². The van der Waals surface area contributed by atoms with Gasteiger partial charge in [-0.2, -0.15) is 15.0 Å². The molecule has 3 heterocycles. The predicted molar refractivity (Wildman–Crippen MR) is 94.7 cm³/mol. The fourth-order valence-corrected chi connectivity index (χ4v) is 3.45. The zero-order chi connectivity index (χ0) is 18.0. The van der Waals surface area contributed by atoms with E-state index in [2.05, 4.69) is 25.1 Å². The van der Waals surface area contributed by atoms with Crippen molar-refractivity contribution in [3.05, 3.63) is 16.3 Å². The average Bonchev–Trinajstić information content (AvgIpc) is 3.19. The zero-order valence-electron chi connectivity index (χ0n) is 14.5. The van der Waals surface area contributed by atoms with E-state index in [4.69, 9.17) is 10.5 Å². The summed E-state index contributed by atoms with van der Waals surface area (Å²) in [5.41, 5.74) is 5.54. The van der Waals surface area contributed by atoms with Crippen molar-refractivity contribution in [1.82, 2.24) is 29.7 Å². The lowest BCUT2D eigenvalue weighted by molar-refractivity contribution is 0.0941. The Labute approximate surface area is 149 Å². The lowest BCUT2D eigenvalue weighted by Crippen LogP contribution is -2.25. The standard InChI is InChI=1S/C14H22N8O2S/c1-8(10-16-11(15)18-12(17-10)21(2)3)25-14-20-19-13(23)22(14)7-9-5-4-6-24-9/h8-9H,4-7H2,1-3H3,(H,19,23)(H2,15,16,17,18)/t8-,9-/m0/s1. The molecule has 0 saturated carbocycles. The van der Waals surface area contributed by atoms with Crippen molar-refractivity contribution in [3.63, 3.8) is 0 Å². The van der Waals surface area contributed by atoms with Gasteiger partial charge in [-0.15, -0.1) is 5.10 Å². The van der Waals surface area contributed by atoms with E-state index in [-0.39, 0.29) is 23.0 Å². The molecule has 0 aromatic carbocycles. The number of aromatic nitrogens is 6. The Morgan fingerprint density at radius 2 is 2.24 bits per heavy atom. The summed E-state index contributed by atoms with van der Waals surface area (Å²) in [6.07, 6.45) is 2.03. The molecule has 1 fully saturated rings. The number of nitrogens with one attached hydrogen (secondary N) is 1. The number of nitrogen functional groups attached to an aromatic ring is 1. The van der Waals surface area contributed by atoms with Crippen LogP contribution in [0.1, 0.15) is 30.8 Å². The highest BCUT2D eigenvalue weighted by Gasteiger charge is 2.22. The maximum Gasteiger partial charge on any atom is 0.344 e. The predicted octanol–water partition coefficient (Wildman–Crippen LogP) is 0.437. The van der Waals surface area contributed by atoms with Crippen molar-refractivity contribution in [1.29, 1.82) is 0 Å². The normalized spacial score (nSPS) is 18.4. The number of ether oxygens (including phenoxy) is 1. The number of nitrogens with zero attached hydrogens (tertiary/aromatic N) is 6. The van der Waals surface area contributed by atoms with Gasteiger partial charge in [0.05, 0.1) is 17.9 Å². The Kier molecular flexibility index (Phi) is 5.23. The second-order valence-corrected chi connectivity index (χ2v) is 7.37. The molecule has 1 aliphatic heterocycles. The number of hydrogen-bond donors (Lipinski definition) is 2. The Morgan fingerprint density at radius 1 is 1.44 bits per heavy atom. The van der Waals surface area contributed by atoms with E-state index in [1.165, 1.54) is 11.8 Å². The fourth-order valence-electron chi connectivity index (χ4n) is 2.54. The van der Waals surface area contributed by atoms with Crippen LogP contribution in [0.15, 0.2) is 9.95 Å². The minimum Gasteiger partial charge on any atom is -0.376 e. The maximum atomic E-state index is 12.1. The minimum absolute atomic E-state index is 0.0538. The van der Waals surface area contributed by atoms with Gasteiger partial charge in [0.25, 0.3) is 0 Å². The molecular formula is C14H22N8O2S. The van der Waals surface area contributed by atoms with Crippen molar-refractivity contribution in [2.24, 2.45) is 0 Å². The van der Waals surface area contributed by atoms with E-state index in [0.29, 0.717) is 23.5 Å². The lowest BCUT2D eigenvalue weighted by atomic mass is 10.2. The number of rotatable bonds is 6. The zero-order valence-corrected chi connectivity index (χ0v) is 15.3. The first-order valence-electron chi connectivity index (χ1n) is 8.06. The summed E-state index contributed by atoms with van der Waals surface area (Å²) in [5, 5.41) is 7.06. The molecule has 0 amide bonds. The molecule has 0 aliphatic carbocycles. The fraction of sp³-hybridized carbons (Fsp3) is 0.643. The molecule has 3 N–H and O–H groups in total. The van der Waals surface area contributed by atoms with Crippen LogP contribution in [-0.2, 0) is 11.3 Å². The highest BCUT2D eigenvalue weighted by molar-refractivity contribution is 7.99. The number of nitrogens with two attached hydrogens (primary N) is 1. The molecule has 2 atom stereocenters. The highest BCUT2D eigenvalue weighted by Crippen LogP contribution is 2.32. The third kappa shape index (κ3) is 4.10. The van der Waals surface area contributed by atoms with Gasteiger partial charge in [0, 0.05) is 20.7 Å². The molecule has 0 spiro atoms. The Bertz CT molecular complexity index is 783. The number of thioether (sulfide) groups is 1. The first-order chi connectivity index (χ1) is 11.9. The second kappa shape index (κ2) is 7.40. The molecule has 1 aliphatic rings. The first-order valence-corrected chi connectivity index (χ1v) is 8.94. The summed E-state index contributed by atoms with van der Waals surface area (Å²) in [5.74, 6) is 1.20. The highest BCUT2D eigenvalue weighted by atomic mass is 32.2. The molecule has 2 aromatic heterocycles. The second-order valence-electron chi connectivity index (χ2n) is 6.06. The van der Waals surface area contributed by atoms with Gasteiger partial charge in [-0.1, -0.05) is 11.8 Å². The van der Waals surface area contributed by atoms with Gasteiger partial charge in [-0.25, -0.2) is 9.89 Å². The van der Waals surface area contributed by atoms with E-state index in [1.54, 1.807) is 9.47 Å². The van der Waals surface area contributed by atoms with Gasteiger partial charge in [0.15, 0.2) is 5.16 Å². The molecule has 1 saturated heterocycles. The van der Waals surface area contributed by atoms with Crippen LogP contribution in [0.4, 0.5) is 11.9 Å². The van der Waals surface area contributed by atoms with Gasteiger partial charge in [-0.3, -0.25) is 4.57 Å².